The minimum Gasteiger partial charge on any atom is -0.481 e. The molecule has 0 N–H and O–H groups in total. The van der Waals surface area contributed by atoms with Gasteiger partial charge >= 0.3 is 0 Å². The number of amides is 1. The molecule has 0 aromatic heterocycles. The van der Waals surface area contributed by atoms with Crippen molar-refractivity contribution in [3.63, 3.8) is 0 Å². The average molecular weight is 337 g/mol. The van der Waals surface area contributed by atoms with E-state index in [9.17, 15) is 4.79 Å². The summed E-state index contributed by atoms with van der Waals surface area (Å²) in [4.78, 5) is 15.0. The molecule has 0 spiro atoms. The molecule has 132 valence electrons. The van der Waals surface area contributed by atoms with E-state index in [1.165, 1.54) is 5.56 Å². The van der Waals surface area contributed by atoms with Crippen molar-refractivity contribution >= 4 is 11.6 Å². The molecule has 0 bridgehead atoms. The van der Waals surface area contributed by atoms with Crippen LogP contribution in [0.1, 0.15) is 50.3 Å². The average Bonchev–Trinajstić information content (AvgIpc) is 2.89. The predicted molar refractivity (Wildman–Crippen MR) is 102 cm³/mol. The normalized spacial score (nSPS) is 17.5. The van der Waals surface area contributed by atoms with Crippen molar-refractivity contribution < 1.29 is 9.53 Å². The maximum atomic E-state index is 13.1. The third-order valence-corrected chi connectivity index (χ3v) is 4.89. The number of para-hydroxylation sites is 1. The van der Waals surface area contributed by atoms with Crippen LogP contribution in [0, 0.1) is 6.92 Å². The zero-order valence-corrected chi connectivity index (χ0v) is 15.7. The molecule has 0 saturated carbocycles. The summed E-state index contributed by atoms with van der Waals surface area (Å²) in [5.74, 6) is 1.19. The summed E-state index contributed by atoms with van der Waals surface area (Å²) in [5, 5.41) is 0. The standard InChI is InChI=1S/C22H27NO2/c1-14(2)19-11-10-15(3)12-21(19)25-17(5)22(24)23-16(4)13-18-8-6-7-9-20(18)23/h6-12,14,16-17H,13H2,1-5H3/t16-,17+/m1/s1. The summed E-state index contributed by atoms with van der Waals surface area (Å²) >= 11 is 0. The second-order valence-corrected chi connectivity index (χ2v) is 7.35. The van der Waals surface area contributed by atoms with Gasteiger partial charge in [-0.15, -0.1) is 0 Å². The lowest BCUT2D eigenvalue weighted by atomic mass is 10.0. The number of hydrogen-bond acceptors (Lipinski definition) is 2. The Balaban J connectivity index is 1.84. The molecule has 0 fully saturated rings. The Bertz CT molecular complexity index is 781. The van der Waals surface area contributed by atoms with Gasteiger partial charge in [0.25, 0.3) is 5.91 Å². The van der Waals surface area contributed by atoms with Gasteiger partial charge in [0.15, 0.2) is 6.10 Å². The van der Waals surface area contributed by atoms with Crippen molar-refractivity contribution in [2.24, 2.45) is 0 Å². The van der Waals surface area contributed by atoms with E-state index in [0.29, 0.717) is 5.92 Å². The zero-order chi connectivity index (χ0) is 18.1. The van der Waals surface area contributed by atoms with Crippen LogP contribution < -0.4 is 9.64 Å². The van der Waals surface area contributed by atoms with Crippen LogP contribution in [0.4, 0.5) is 5.69 Å². The van der Waals surface area contributed by atoms with Crippen molar-refractivity contribution in [1.29, 1.82) is 0 Å². The number of carbonyl (C=O) groups excluding carboxylic acids is 1. The number of carbonyl (C=O) groups is 1. The van der Waals surface area contributed by atoms with E-state index in [-0.39, 0.29) is 11.9 Å². The SMILES string of the molecule is Cc1ccc(C(C)C)c(O[C@@H](C)C(=O)N2c3ccccc3C[C@H]2C)c1. The number of ether oxygens (including phenoxy) is 1. The van der Waals surface area contributed by atoms with E-state index in [1.807, 2.05) is 43.0 Å². The van der Waals surface area contributed by atoms with E-state index in [4.69, 9.17) is 4.74 Å². The maximum Gasteiger partial charge on any atom is 0.268 e. The van der Waals surface area contributed by atoms with Crippen LogP contribution in [-0.4, -0.2) is 18.1 Å². The lowest BCUT2D eigenvalue weighted by molar-refractivity contribution is -0.124. The van der Waals surface area contributed by atoms with Gasteiger partial charge in [-0.25, -0.2) is 0 Å². The zero-order valence-electron chi connectivity index (χ0n) is 15.7. The predicted octanol–water partition coefficient (Wildman–Crippen LogP) is 4.86. The highest BCUT2D eigenvalue weighted by Crippen LogP contribution is 2.33. The minimum atomic E-state index is -0.520. The Morgan fingerprint density at radius 1 is 1.16 bits per heavy atom. The van der Waals surface area contributed by atoms with E-state index in [0.717, 1.165) is 29.0 Å². The lowest BCUT2D eigenvalue weighted by Gasteiger charge is -2.27. The number of anilines is 1. The molecule has 1 aliphatic rings. The molecule has 1 amide bonds. The summed E-state index contributed by atoms with van der Waals surface area (Å²) in [5.41, 5.74) is 4.52. The van der Waals surface area contributed by atoms with Gasteiger partial charge in [-0.2, -0.15) is 0 Å². The first-order valence-corrected chi connectivity index (χ1v) is 9.06. The Morgan fingerprint density at radius 2 is 1.88 bits per heavy atom. The first-order chi connectivity index (χ1) is 11.9. The van der Waals surface area contributed by atoms with Crippen molar-refractivity contribution in [1.82, 2.24) is 0 Å². The molecular weight excluding hydrogens is 310 g/mol. The van der Waals surface area contributed by atoms with Gasteiger partial charge in [0.1, 0.15) is 5.75 Å². The summed E-state index contributed by atoms with van der Waals surface area (Å²) < 4.78 is 6.13. The van der Waals surface area contributed by atoms with Crippen LogP contribution in [0.2, 0.25) is 0 Å². The topological polar surface area (TPSA) is 29.5 Å². The van der Waals surface area contributed by atoms with E-state index in [2.05, 4.69) is 39.0 Å². The third kappa shape index (κ3) is 3.41. The van der Waals surface area contributed by atoms with Crippen LogP contribution in [0.5, 0.6) is 5.75 Å². The Morgan fingerprint density at radius 3 is 2.60 bits per heavy atom. The van der Waals surface area contributed by atoms with E-state index in [1.54, 1.807) is 0 Å². The summed E-state index contributed by atoms with van der Waals surface area (Å²) in [6.45, 7) is 10.3. The van der Waals surface area contributed by atoms with Crippen molar-refractivity contribution in [2.45, 2.75) is 59.1 Å². The quantitative estimate of drug-likeness (QED) is 0.797. The molecule has 2 aromatic carbocycles. The van der Waals surface area contributed by atoms with Crippen LogP contribution in [0.3, 0.4) is 0 Å². The Hall–Kier alpha value is -2.29. The highest BCUT2D eigenvalue weighted by molar-refractivity contribution is 5.99. The molecule has 3 heteroatoms. The highest BCUT2D eigenvalue weighted by Gasteiger charge is 2.34. The monoisotopic (exact) mass is 337 g/mol. The maximum absolute atomic E-state index is 13.1. The smallest absolute Gasteiger partial charge is 0.268 e. The van der Waals surface area contributed by atoms with E-state index < -0.39 is 6.10 Å². The number of hydrogen-bond donors (Lipinski definition) is 0. The van der Waals surface area contributed by atoms with Gasteiger partial charge in [0, 0.05) is 11.7 Å². The number of nitrogens with zero attached hydrogens (tertiary/aromatic N) is 1. The van der Waals surface area contributed by atoms with Gasteiger partial charge in [-0.1, -0.05) is 44.2 Å². The molecule has 2 aromatic rings. The summed E-state index contributed by atoms with van der Waals surface area (Å²) in [6.07, 6.45) is 0.379. The summed E-state index contributed by atoms with van der Waals surface area (Å²) in [7, 11) is 0. The fourth-order valence-electron chi connectivity index (χ4n) is 3.56. The minimum absolute atomic E-state index is 0.0219. The van der Waals surface area contributed by atoms with Crippen molar-refractivity contribution in [3.05, 3.63) is 59.2 Å². The second kappa shape index (κ2) is 6.91. The lowest BCUT2D eigenvalue weighted by Crippen LogP contribution is -2.43. The molecule has 1 heterocycles. The first-order valence-electron chi connectivity index (χ1n) is 9.06. The fraction of sp³-hybridized carbons (Fsp3) is 0.409. The van der Waals surface area contributed by atoms with Gasteiger partial charge in [0.2, 0.25) is 0 Å². The van der Waals surface area contributed by atoms with Crippen molar-refractivity contribution in [2.75, 3.05) is 4.90 Å². The molecule has 25 heavy (non-hydrogen) atoms. The van der Waals surface area contributed by atoms with Gasteiger partial charge in [-0.3, -0.25) is 4.79 Å². The molecule has 0 saturated heterocycles. The Labute approximate surface area is 150 Å². The molecule has 3 rings (SSSR count). The number of aryl methyl sites for hydroxylation is 1. The van der Waals surface area contributed by atoms with Crippen LogP contribution >= 0.6 is 0 Å². The molecule has 0 unspecified atom stereocenters. The van der Waals surface area contributed by atoms with Crippen molar-refractivity contribution in [3.8, 4) is 5.75 Å². The molecule has 3 nitrogen and oxygen atoms in total. The van der Waals surface area contributed by atoms with Gasteiger partial charge < -0.3 is 9.64 Å². The molecular formula is C22H27NO2. The molecule has 2 atom stereocenters. The Kier molecular flexibility index (Phi) is 4.85. The van der Waals surface area contributed by atoms with Crippen LogP contribution in [-0.2, 0) is 11.2 Å². The number of benzene rings is 2. The first kappa shape index (κ1) is 17.5. The third-order valence-electron chi connectivity index (χ3n) is 4.89. The molecule has 1 aliphatic heterocycles. The number of rotatable bonds is 4. The van der Waals surface area contributed by atoms with Crippen LogP contribution in [0.25, 0.3) is 0 Å². The summed E-state index contributed by atoms with van der Waals surface area (Å²) in [6, 6.07) is 14.5. The fourth-order valence-corrected chi connectivity index (χ4v) is 3.56. The van der Waals surface area contributed by atoms with Gasteiger partial charge in [-0.05, 0) is 61.9 Å². The largest absolute Gasteiger partial charge is 0.481 e. The number of fused-ring (bicyclic) bond motifs is 1. The highest BCUT2D eigenvalue weighted by atomic mass is 16.5. The molecule has 0 radical (unpaired) electrons. The van der Waals surface area contributed by atoms with Crippen LogP contribution in [0.15, 0.2) is 42.5 Å². The van der Waals surface area contributed by atoms with E-state index >= 15 is 0 Å². The second-order valence-electron chi connectivity index (χ2n) is 7.35. The van der Waals surface area contributed by atoms with Gasteiger partial charge in [0.05, 0.1) is 0 Å². The molecule has 0 aliphatic carbocycles.